The van der Waals surface area contributed by atoms with E-state index >= 15 is 0 Å². The van der Waals surface area contributed by atoms with Gasteiger partial charge in [0.25, 0.3) is 0 Å². The smallest absolute Gasteiger partial charge is 0.184 e. The van der Waals surface area contributed by atoms with Crippen molar-refractivity contribution in [2.24, 2.45) is 0 Å². The van der Waals surface area contributed by atoms with Crippen molar-refractivity contribution in [3.63, 3.8) is 0 Å². The fourth-order valence-electron chi connectivity index (χ4n) is 1.33. The molecule has 0 spiro atoms. The van der Waals surface area contributed by atoms with E-state index in [2.05, 4.69) is 63.7 Å². The van der Waals surface area contributed by atoms with Crippen molar-refractivity contribution < 1.29 is 9.84 Å². The molecular formula is C12H5Br4ClO2. The average Bonchev–Trinajstić information content (AvgIpc) is 2.34. The second-order valence-electron chi connectivity index (χ2n) is 3.51. The van der Waals surface area contributed by atoms with Crippen LogP contribution in [0.3, 0.4) is 0 Å². The van der Waals surface area contributed by atoms with E-state index in [-0.39, 0.29) is 11.5 Å². The molecule has 0 atom stereocenters. The van der Waals surface area contributed by atoms with Crippen molar-refractivity contribution in [1.82, 2.24) is 0 Å². The van der Waals surface area contributed by atoms with Crippen molar-refractivity contribution in [3.05, 3.63) is 47.2 Å². The quantitative estimate of drug-likeness (QED) is 0.424. The lowest BCUT2D eigenvalue weighted by molar-refractivity contribution is 0.407. The first-order valence-corrected chi connectivity index (χ1v) is 8.44. The Morgan fingerprint density at radius 2 is 1.68 bits per heavy atom. The fourth-order valence-corrected chi connectivity index (χ4v) is 3.78. The lowest BCUT2D eigenvalue weighted by Crippen LogP contribution is -1.89. The van der Waals surface area contributed by atoms with Gasteiger partial charge in [0, 0.05) is 8.95 Å². The van der Waals surface area contributed by atoms with E-state index in [9.17, 15) is 5.11 Å². The molecular weight excluding hydrogens is 531 g/mol. The molecule has 0 radical (unpaired) electrons. The van der Waals surface area contributed by atoms with Gasteiger partial charge < -0.3 is 9.84 Å². The molecule has 2 aromatic rings. The minimum absolute atomic E-state index is 0.0158. The van der Waals surface area contributed by atoms with Gasteiger partial charge in [-0.2, -0.15) is 0 Å². The molecule has 0 amide bonds. The summed E-state index contributed by atoms with van der Waals surface area (Å²) in [4.78, 5) is 0. The van der Waals surface area contributed by atoms with E-state index < -0.39 is 0 Å². The molecule has 0 aliphatic carbocycles. The van der Waals surface area contributed by atoms with Crippen LogP contribution >= 0.6 is 75.3 Å². The summed E-state index contributed by atoms with van der Waals surface area (Å²) in [5.74, 6) is 0.812. The summed E-state index contributed by atoms with van der Waals surface area (Å²) in [6.07, 6.45) is 0. The van der Waals surface area contributed by atoms with Gasteiger partial charge >= 0.3 is 0 Å². The predicted molar refractivity (Wildman–Crippen MR) is 90.4 cm³/mol. The maximum Gasteiger partial charge on any atom is 0.184 e. The fraction of sp³-hybridized carbons (Fsp3) is 0. The van der Waals surface area contributed by atoms with Gasteiger partial charge in [-0.1, -0.05) is 27.5 Å². The first-order chi connectivity index (χ1) is 8.90. The molecule has 2 nitrogen and oxygen atoms in total. The SMILES string of the molecule is Oc1cc(Br)c(Cl)c(Br)c1Oc1ccc(Br)cc1Br. The van der Waals surface area contributed by atoms with Crippen LogP contribution in [0, 0.1) is 0 Å². The number of hydrogen-bond acceptors (Lipinski definition) is 2. The van der Waals surface area contributed by atoms with Crippen molar-refractivity contribution in [2.75, 3.05) is 0 Å². The Kier molecular flexibility index (Phi) is 5.22. The Hall–Kier alpha value is 0.250. The van der Waals surface area contributed by atoms with Gasteiger partial charge in [0.05, 0.1) is 14.0 Å². The first-order valence-electron chi connectivity index (χ1n) is 4.89. The van der Waals surface area contributed by atoms with Crippen molar-refractivity contribution >= 4 is 75.3 Å². The Bertz CT molecular complexity index is 646. The summed E-state index contributed by atoms with van der Waals surface area (Å²) in [6.45, 7) is 0. The van der Waals surface area contributed by atoms with Crippen LogP contribution in [0.4, 0.5) is 0 Å². The molecule has 1 N–H and O–H groups in total. The minimum atomic E-state index is -0.0158. The van der Waals surface area contributed by atoms with E-state index in [4.69, 9.17) is 16.3 Å². The number of ether oxygens (including phenoxy) is 1. The molecule has 0 fully saturated rings. The molecule has 0 saturated heterocycles. The topological polar surface area (TPSA) is 29.5 Å². The highest BCUT2D eigenvalue weighted by atomic mass is 79.9. The van der Waals surface area contributed by atoms with Gasteiger partial charge in [-0.15, -0.1) is 0 Å². The molecule has 2 aromatic carbocycles. The third-order valence-electron chi connectivity index (χ3n) is 2.20. The Labute approximate surface area is 148 Å². The number of hydrogen-bond donors (Lipinski definition) is 1. The lowest BCUT2D eigenvalue weighted by Gasteiger charge is -2.13. The minimum Gasteiger partial charge on any atom is -0.504 e. The van der Waals surface area contributed by atoms with Crippen LogP contribution < -0.4 is 4.74 Å². The van der Waals surface area contributed by atoms with E-state index in [1.54, 1.807) is 6.07 Å². The van der Waals surface area contributed by atoms with Crippen LogP contribution in [-0.2, 0) is 0 Å². The zero-order valence-electron chi connectivity index (χ0n) is 9.05. The zero-order chi connectivity index (χ0) is 14.2. The molecule has 0 aromatic heterocycles. The lowest BCUT2D eigenvalue weighted by atomic mass is 10.3. The molecule has 19 heavy (non-hydrogen) atoms. The van der Waals surface area contributed by atoms with Crippen molar-refractivity contribution in [3.8, 4) is 17.2 Å². The normalized spacial score (nSPS) is 10.6. The Morgan fingerprint density at radius 3 is 2.32 bits per heavy atom. The monoisotopic (exact) mass is 532 g/mol. The highest BCUT2D eigenvalue weighted by Crippen LogP contribution is 2.46. The van der Waals surface area contributed by atoms with Crippen LogP contribution in [0.15, 0.2) is 42.2 Å². The van der Waals surface area contributed by atoms with Gasteiger partial charge in [0.15, 0.2) is 11.5 Å². The maximum atomic E-state index is 9.94. The van der Waals surface area contributed by atoms with Crippen LogP contribution in [0.5, 0.6) is 17.2 Å². The summed E-state index contributed by atoms with van der Waals surface area (Å²) in [5, 5.41) is 10.4. The van der Waals surface area contributed by atoms with Gasteiger partial charge in [-0.05, 0) is 72.1 Å². The number of rotatable bonds is 2. The van der Waals surface area contributed by atoms with Crippen LogP contribution in [-0.4, -0.2) is 5.11 Å². The van der Waals surface area contributed by atoms with Crippen LogP contribution in [0.1, 0.15) is 0 Å². The summed E-state index contributed by atoms with van der Waals surface area (Å²) < 4.78 is 8.43. The highest BCUT2D eigenvalue weighted by molar-refractivity contribution is 9.11. The second kappa shape index (κ2) is 6.35. The van der Waals surface area contributed by atoms with E-state index in [1.807, 2.05) is 12.1 Å². The standard InChI is InChI=1S/C12H5Br4ClO2/c13-5-1-2-9(6(14)3-5)19-12-8(18)4-7(15)11(17)10(12)16/h1-4,18H. The van der Waals surface area contributed by atoms with Crippen molar-refractivity contribution in [1.29, 1.82) is 0 Å². The van der Waals surface area contributed by atoms with Crippen molar-refractivity contribution in [2.45, 2.75) is 0 Å². The van der Waals surface area contributed by atoms with E-state index in [0.717, 1.165) is 8.95 Å². The molecule has 100 valence electrons. The number of benzene rings is 2. The zero-order valence-corrected chi connectivity index (χ0v) is 16.2. The molecule has 0 bridgehead atoms. The Morgan fingerprint density at radius 1 is 1.00 bits per heavy atom. The average molecular weight is 536 g/mol. The molecule has 0 aliphatic heterocycles. The third-order valence-corrected chi connectivity index (χ3v) is 5.55. The summed E-state index contributed by atoms with van der Waals surface area (Å²) in [7, 11) is 0. The largest absolute Gasteiger partial charge is 0.504 e. The van der Waals surface area contributed by atoms with Gasteiger partial charge in [-0.3, -0.25) is 0 Å². The predicted octanol–water partition coefficient (Wildman–Crippen LogP) is 6.89. The highest BCUT2D eigenvalue weighted by Gasteiger charge is 2.16. The van der Waals surface area contributed by atoms with Gasteiger partial charge in [0.2, 0.25) is 0 Å². The number of halogens is 5. The van der Waals surface area contributed by atoms with Gasteiger partial charge in [0.1, 0.15) is 5.75 Å². The Balaban J connectivity index is 2.47. The summed E-state index contributed by atoms with van der Waals surface area (Å²) in [6, 6.07) is 6.94. The van der Waals surface area contributed by atoms with Crippen LogP contribution in [0.25, 0.3) is 0 Å². The second-order valence-corrected chi connectivity index (χ2v) is 7.31. The number of phenolic OH excluding ortho intramolecular Hbond substituents is 1. The van der Waals surface area contributed by atoms with E-state index in [0.29, 0.717) is 19.7 Å². The molecule has 0 unspecified atom stereocenters. The molecule has 2 rings (SSSR count). The molecule has 0 heterocycles. The number of phenols is 1. The summed E-state index contributed by atoms with van der Waals surface area (Å²) in [5.41, 5.74) is 0. The third kappa shape index (κ3) is 3.47. The molecule has 0 saturated carbocycles. The van der Waals surface area contributed by atoms with E-state index in [1.165, 1.54) is 6.07 Å². The maximum absolute atomic E-state index is 9.94. The number of aromatic hydroxyl groups is 1. The first kappa shape index (κ1) is 15.6. The van der Waals surface area contributed by atoms with Crippen LogP contribution in [0.2, 0.25) is 5.02 Å². The van der Waals surface area contributed by atoms with Gasteiger partial charge in [-0.25, -0.2) is 0 Å². The molecule has 0 aliphatic rings. The summed E-state index contributed by atoms with van der Waals surface area (Å²) >= 11 is 19.4. The molecule has 7 heteroatoms.